The maximum atomic E-state index is 14.1. The van der Waals surface area contributed by atoms with Gasteiger partial charge >= 0.3 is 0 Å². The fourth-order valence-electron chi connectivity index (χ4n) is 4.60. The first kappa shape index (κ1) is 21.5. The molecule has 0 aliphatic carbocycles. The predicted octanol–water partition coefficient (Wildman–Crippen LogP) is 4.18. The molecule has 2 amide bonds. The Hall–Kier alpha value is -2.73. The van der Waals surface area contributed by atoms with Crippen LogP contribution in [0.3, 0.4) is 0 Å². The van der Waals surface area contributed by atoms with Crippen LogP contribution in [0.25, 0.3) is 0 Å². The molecule has 1 saturated heterocycles. The summed E-state index contributed by atoms with van der Waals surface area (Å²) in [4.78, 5) is 32.0. The van der Waals surface area contributed by atoms with Crippen molar-refractivity contribution in [1.82, 2.24) is 9.80 Å². The fourth-order valence-corrected chi connectivity index (χ4v) is 4.60. The minimum Gasteiger partial charge on any atom is -0.368 e. The summed E-state index contributed by atoms with van der Waals surface area (Å²) in [6, 6.07) is 11.7. The summed E-state index contributed by atoms with van der Waals surface area (Å²) in [7, 11) is 0. The van der Waals surface area contributed by atoms with Gasteiger partial charge < -0.3 is 4.90 Å². The molecule has 6 heteroatoms. The molecule has 0 saturated carbocycles. The number of hydrogen-bond acceptors (Lipinski definition) is 4. The third-order valence-corrected chi connectivity index (χ3v) is 6.65. The van der Waals surface area contributed by atoms with Gasteiger partial charge in [0.2, 0.25) is 0 Å². The Morgan fingerprint density at radius 1 is 0.903 bits per heavy atom. The number of rotatable bonds is 7. The monoisotopic (exact) mass is 423 g/mol. The molecule has 4 rings (SSSR count). The van der Waals surface area contributed by atoms with Crippen LogP contribution in [0.4, 0.5) is 10.1 Å². The van der Waals surface area contributed by atoms with E-state index in [0.29, 0.717) is 16.7 Å². The van der Waals surface area contributed by atoms with E-state index in [-0.39, 0.29) is 18.4 Å². The number of carbonyl (C=O) groups is 2. The molecule has 0 N–H and O–H groups in total. The van der Waals surface area contributed by atoms with Crippen LogP contribution in [0.5, 0.6) is 0 Å². The van der Waals surface area contributed by atoms with Crippen molar-refractivity contribution in [2.75, 3.05) is 37.6 Å². The molecule has 2 aliphatic heterocycles. The van der Waals surface area contributed by atoms with Crippen molar-refractivity contribution in [3.63, 3.8) is 0 Å². The molecule has 2 aliphatic rings. The van der Waals surface area contributed by atoms with Gasteiger partial charge in [0.1, 0.15) is 5.82 Å². The van der Waals surface area contributed by atoms with Crippen molar-refractivity contribution in [3.05, 3.63) is 65.0 Å². The van der Waals surface area contributed by atoms with E-state index in [1.54, 1.807) is 24.3 Å². The second-order valence-electron chi connectivity index (χ2n) is 8.46. The normalized spacial score (nSPS) is 17.0. The molecule has 2 aromatic carbocycles. The highest BCUT2D eigenvalue weighted by molar-refractivity contribution is 6.23. The van der Waals surface area contributed by atoms with Crippen molar-refractivity contribution in [2.24, 2.45) is 5.92 Å². The Morgan fingerprint density at radius 2 is 1.61 bits per heavy atom. The SMILES string of the molecule is CCC(CC)CN1CCN(c2cccc3c2C(=O)N(Cc2ccccc2F)C3=O)CC1. The van der Waals surface area contributed by atoms with Gasteiger partial charge in [-0.15, -0.1) is 0 Å². The van der Waals surface area contributed by atoms with Crippen LogP contribution in [0, 0.1) is 11.7 Å². The Labute approximate surface area is 183 Å². The largest absolute Gasteiger partial charge is 0.368 e. The molecule has 0 radical (unpaired) electrons. The minimum absolute atomic E-state index is 0.0539. The first-order chi connectivity index (χ1) is 15.0. The molecule has 0 bridgehead atoms. The lowest BCUT2D eigenvalue weighted by Crippen LogP contribution is -2.48. The van der Waals surface area contributed by atoms with Gasteiger partial charge in [0.15, 0.2) is 0 Å². The van der Waals surface area contributed by atoms with Crippen LogP contribution in [0.15, 0.2) is 42.5 Å². The number of amides is 2. The third-order valence-electron chi connectivity index (χ3n) is 6.65. The van der Waals surface area contributed by atoms with Crippen molar-refractivity contribution < 1.29 is 14.0 Å². The van der Waals surface area contributed by atoms with E-state index in [1.807, 2.05) is 12.1 Å². The first-order valence-corrected chi connectivity index (χ1v) is 11.2. The van der Waals surface area contributed by atoms with Gasteiger partial charge in [-0.3, -0.25) is 19.4 Å². The van der Waals surface area contributed by atoms with Crippen LogP contribution in [0.2, 0.25) is 0 Å². The van der Waals surface area contributed by atoms with E-state index >= 15 is 0 Å². The van der Waals surface area contributed by atoms with Crippen LogP contribution in [-0.4, -0.2) is 54.3 Å². The lowest BCUT2D eigenvalue weighted by atomic mass is 10.0. The Morgan fingerprint density at radius 3 is 2.29 bits per heavy atom. The van der Waals surface area contributed by atoms with Gasteiger partial charge in [-0.25, -0.2) is 4.39 Å². The molecule has 0 spiro atoms. The molecule has 5 nitrogen and oxygen atoms in total. The molecule has 0 aromatic heterocycles. The minimum atomic E-state index is -0.409. The number of carbonyl (C=O) groups excluding carboxylic acids is 2. The summed E-state index contributed by atoms with van der Waals surface area (Å²) in [6.07, 6.45) is 2.38. The first-order valence-electron chi connectivity index (χ1n) is 11.2. The van der Waals surface area contributed by atoms with Gasteiger partial charge in [0.05, 0.1) is 23.4 Å². The summed E-state index contributed by atoms with van der Waals surface area (Å²) in [5.74, 6) is -0.373. The topological polar surface area (TPSA) is 43.9 Å². The van der Waals surface area contributed by atoms with Gasteiger partial charge in [-0.2, -0.15) is 0 Å². The summed E-state index contributed by atoms with van der Waals surface area (Å²) >= 11 is 0. The zero-order valence-corrected chi connectivity index (χ0v) is 18.3. The Balaban J connectivity index is 1.51. The van der Waals surface area contributed by atoms with E-state index in [9.17, 15) is 14.0 Å². The summed E-state index contributed by atoms with van der Waals surface area (Å²) in [5, 5.41) is 0. The molecule has 2 aromatic rings. The number of piperazine rings is 1. The Bertz CT molecular complexity index is 965. The van der Waals surface area contributed by atoms with Gasteiger partial charge in [0, 0.05) is 38.3 Å². The molecular weight excluding hydrogens is 393 g/mol. The van der Waals surface area contributed by atoms with Crippen LogP contribution < -0.4 is 4.90 Å². The number of hydrogen-bond donors (Lipinski definition) is 0. The lowest BCUT2D eigenvalue weighted by Gasteiger charge is -2.38. The highest BCUT2D eigenvalue weighted by Gasteiger charge is 2.39. The summed E-state index contributed by atoms with van der Waals surface area (Å²) < 4.78 is 14.1. The van der Waals surface area contributed by atoms with Gasteiger partial charge in [0.25, 0.3) is 11.8 Å². The van der Waals surface area contributed by atoms with E-state index in [2.05, 4.69) is 23.6 Å². The summed E-state index contributed by atoms with van der Waals surface area (Å²) in [6.45, 7) is 9.09. The number of nitrogens with zero attached hydrogens (tertiary/aromatic N) is 3. The molecule has 0 atom stereocenters. The summed E-state index contributed by atoms with van der Waals surface area (Å²) in [5.41, 5.74) is 2.03. The quantitative estimate of drug-likeness (QED) is 0.627. The third kappa shape index (κ3) is 4.22. The van der Waals surface area contributed by atoms with E-state index < -0.39 is 5.82 Å². The van der Waals surface area contributed by atoms with E-state index in [0.717, 1.165) is 49.2 Å². The number of imide groups is 1. The maximum absolute atomic E-state index is 14.1. The number of halogens is 1. The zero-order chi connectivity index (χ0) is 22.0. The fraction of sp³-hybridized carbons (Fsp3) is 0.440. The maximum Gasteiger partial charge on any atom is 0.263 e. The molecule has 2 heterocycles. The highest BCUT2D eigenvalue weighted by atomic mass is 19.1. The molecule has 1 fully saturated rings. The second-order valence-corrected chi connectivity index (χ2v) is 8.46. The average molecular weight is 424 g/mol. The van der Waals surface area contributed by atoms with Crippen LogP contribution >= 0.6 is 0 Å². The zero-order valence-electron chi connectivity index (χ0n) is 18.3. The lowest BCUT2D eigenvalue weighted by molar-refractivity contribution is 0.0641. The van der Waals surface area contributed by atoms with Crippen LogP contribution in [-0.2, 0) is 6.54 Å². The smallest absolute Gasteiger partial charge is 0.263 e. The standard InChI is InChI=1S/C25H30FN3O2/c1-3-18(4-2)16-27-12-14-28(15-13-27)22-11-7-9-20-23(22)25(31)29(24(20)30)17-19-8-5-6-10-21(19)26/h5-11,18H,3-4,12-17H2,1-2H3. The number of benzene rings is 2. The Kier molecular flexibility index (Phi) is 6.37. The van der Waals surface area contributed by atoms with Crippen molar-refractivity contribution in [1.29, 1.82) is 0 Å². The second kappa shape index (κ2) is 9.18. The van der Waals surface area contributed by atoms with Gasteiger partial charge in [-0.1, -0.05) is 51.0 Å². The van der Waals surface area contributed by atoms with Crippen molar-refractivity contribution in [3.8, 4) is 0 Å². The average Bonchev–Trinajstić information content (AvgIpc) is 3.04. The van der Waals surface area contributed by atoms with Gasteiger partial charge in [-0.05, 0) is 24.1 Å². The van der Waals surface area contributed by atoms with E-state index in [1.165, 1.54) is 18.9 Å². The molecule has 164 valence electrons. The van der Waals surface area contributed by atoms with E-state index in [4.69, 9.17) is 0 Å². The number of fused-ring (bicyclic) bond motifs is 1. The molecular formula is C25H30FN3O2. The van der Waals surface area contributed by atoms with Crippen molar-refractivity contribution >= 4 is 17.5 Å². The molecule has 0 unspecified atom stereocenters. The van der Waals surface area contributed by atoms with Crippen molar-refractivity contribution in [2.45, 2.75) is 33.2 Å². The number of anilines is 1. The van der Waals surface area contributed by atoms with Crippen LogP contribution in [0.1, 0.15) is 53.0 Å². The molecule has 31 heavy (non-hydrogen) atoms. The highest BCUT2D eigenvalue weighted by Crippen LogP contribution is 2.33. The predicted molar refractivity (Wildman–Crippen MR) is 120 cm³/mol.